The third-order valence-corrected chi connectivity index (χ3v) is 2.94. The Hall–Kier alpha value is -1.07. The zero-order chi connectivity index (χ0) is 9.47. The number of fused-ring (bicyclic) bond motifs is 1. The van der Waals surface area contributed by atoms with Crippen molar-refractivity contribution >= 4 is 30.8 Å². The largest absolute Gasteiger partial charge is 0.443 e. The van der Waals surface area contributed by atoms with Crippen LogP contribution in [0.15, 0.2) is 33.9 Å². The highest BCUT2D eigenvalue weighted by molar-refractivity contribution is 8.13. The fourth-order valence-electron chi connectivity index (χ4n) is 0.987. The van der Waals surface area contributed by atoms with E-state index in [2.05, 4.69) is 4.98 Å². The second-order valence-electron chi connectivity index (χ2n) is 2.42. The molecule has 1 heterocycles. The van der Waals surface area contributed by atoms with Crippen LogP contribution in [0.4, 0.5) is 0 Å². The highest BCUT2D eigenvalue weighted by atomic mass is 35.7. The summed E-state index contributed by atoms with van der Waals surface area (Å²) < 4.78 is 26.7. The van der Waals surface area contributed by atoms with Crippen LogP contribution in [0, 0.1) is 0 Å². The van der Waals surface area contributed by atoms with Crippen LogP contribution in [0.5, 0.6) is 0 Å². The highest BCUT2D eigenvalue weighted by Gasteiger charge is 2.11. The predicted octanol–water partition coefficient (Wildman–Crippen LogP) is 1.76. The first-order chi connectivity index (χ1) is 6.07. The van der Waals surface area contributed by atoms with E-state index < -0.39 is 9.05 Å². The summed E-state index contributed by atoms with van der Waals surface area (Å²) in [5, 5.41) is 0. The van der Waals surface area contributed by atoms with E-state index in [9.17, 15) is 8.42 Å². The van der Waals surface area contributed by atoms with Crippen LogP contribution in [0.2, 0.25) is 0 Å². The Kier molecular flexibility index (Phi) is 1.78. The summed E-state index contributed by atoms with van der Waals surface area (Å²) >= 11 is 0. The van der Waals surface area contributed by atoms with E-state index in [1.54, 1.807) is 0 Å². The standard InChI is InChI=1S/C7H4ClNO3S/c8-13(10,11)5-1-2-6-7(3-5)12-4-9-6/h1-4H. The van der Waals surface area contributed by atoms with Crippen molar-refractivity contribution in [3.05, 3.63) is 24.6 Å². The van der Waals surface area contributed by atoms with Gasteiger partial charge in [0.25, 0.3) is 9.05 Å². The van der Waals surface area contributed by atoms with E-state index in [1.165, 1.54) is 24.6 Å². The second kappa shape index (κ2) is 2.71. The third-order valence-electron chi connectivity index (χ3n) is 1.58. The molecule has 68 valence electrons. The van der Waals surface area contributed by atoms with Gasteiger partial charge in [0, 0.05) is 16.7 Å². The topological polar surface area (TPSA) is 60.2 Å². The van der Waals surface area contributed by atoms with Crippen LogP contribution < -0.4 is 0 Å². The molecule has 0 aliphatic carbocycles. The Morgan fingerprint density at radius 2 is 2.15 bits per heavy atom. The molecule has 0 atom stereocenters. The Labute approximate surface area is 78.6 Å². The van der Waals surface area contributed by atoms with Crippen LogP contribution in [0.1, 0.15) is 0 Å². The SMILES string of the molecule is O=S(=O)(Cl)c1ccc2ncoc2c1. The molecule has 0 radical (unpaired) electrons. The number of halogens is 1. The van der Waals surface area contributed by atoms with Gasteiger partial charge in [-0.15, -0.1) is 0 Å². The summed E-state index contributed by atoms with van der Waals surface area (Å²) in [4.78, 5) is 3.85. The van der Waals surface area contributed by atoms with Crippen molar-refractivity contribution in [1.29, 1.82) is 0 Å². The molecule has 0 fully saturated rings. The second-order valence-corrected chi connectivity index (χ2v) is 4.99. The first kappa shape index (κ1) is 8.52. The molecule has 0 aliphatic heterocycles. The van der Waals surface area contributed by atoms with Gasteiger partial charge in [0.1, 0.15) is 5.52 Å². The Balaban J connectivity index is 2.75. The fourth-order valence-corrected chi connectivity index (χ4v) is 1.75. The average molecular weight is 218 g/mol. The van der Waals surface area contributed by atoms with Crippen LogP contribution in [-0.2, 0) is 9.05 Å². The smallest absolute Gasteiger partial charge is 0.261 e. The molecule has 0 aliphatic rings. The van der Waals surface area contributed by atoms with Gasteiger partial charge >= 0.3 is 0 Å². The fraction of sp³-hybridized carbons (Fsp3) is 0. The van der Waals surface area contributed by atoms with Gasteiger partial charge in [0.05, 0.1) is 4.90 Å². The summed E-state index contributed by atoms with van der Waals surface area (Å²) in [6.07, 6.45) is 1.25. The van der Waals surface area contributed by atoms with Crippen molar-refractivity contribution in [2.24, 2.45) is 0 Å². The van der Waals surface area contributed by atoms with Gasteiger partial charge in [-0.1, -0.05) is 0 Å². The summed E-state index contributed by atoms with van der Waals surface area (Å²) in [7, 11) is 1.45. The maximum Gasteiger partial charge on any atom is 0.261 e. The average Bonchev–Trinajstić information content (AvgIpc) is 2.47. The van der Waals surface area contributed by atoms with Gasteiger partial charge in [-0.25, -0.2) is 13.4 Å². The van der Waals surface area contributed by atoms with Crippen LogP contribution >= 0.6 is 10.7 Å². The molecule has 6 heteroatoms. The normalized spacial score (nSPS) is 12.1. The molecule has 1 aromatic heterocycles. The summed E-state index contributed by atoms with van der Waals surface area (Å²) in [5.41, 5.74) is 1.01. The zero-order valence-corrected chi connectivity index (χ0v) is 7.84. The van der Waals surface area contributed by atoms with E-state index in [0.29, 0.717) is 11.1 Å². The quantitative estimate of drug-likeness (QED) is 0.683. The van der Waals surface area contributed by atoms with Crippen LogP contribution in [0.3, 0.4) is 0 Å². The number of benzene rings is 1. The van der Waals surface area contributed by atoms with E-state index in [-0.39, 0.29) is 4.90 Å². The highest BCUT2D eigenvalue weighted by Crippen LogP contribution is 2.20. The van der Waals surface area contributed by atoms with Crippen LogP contribution in [0.25, 0.3) is 11.1 Å². The maximum atomic E-state index is 10.9. The molecule has 0 amide bonds. The van der Waals surface area contributed by atoms with Crippen molar-refractivity contribution in [1.82, 2.24) is 4.98 Å². The third kappa shape index (κ3) is 1.52. The maximum absolute atomic E-state index is 10.9. The first-order valence-corrected chi connectivity index (χ1v) is 5.66. The number of aromatic nitrogens is 1. The monoisotopic (exact) mass is 217 g/mol. The molecule has 2 rings (SSSR count). The lowest BCUT2D eigenvalue weighted by Crippen LogP contribution is -1.88. The number of nitrogens with zero attached hydrogens (tertiary/aromatic N) is 1. The van der Waals surface area contributed by atoms with Crippen molar-refractivity contribution in [3.8, 4) is 0 Å². The minimum absolute atomic E-state index is 0.0124. The van der Waals surface area contributed by atoms with Gasteiger partial charge in [-0.05, 0) is 12.1 Å². The van der Waals surface area contributed by atoms with Gasteiger partial charge in [0.15, 0.2) is 12.0 Å². The molecule has 0 unspecified atom stereocenters. The molecule has 2 aromatic rings. The number of oxazole rings is 1. The molecule has 13 heavy (non-hydrogen) atoms. The lowest BCUT2D eigenvalue weighted by atomic mass is 10.3. The predicted molar refractivity (Wildman–Crippen MR) is 47.0 cm³/mol. The number of rotatable bonds is 1. The molecule has 0 spiro atoms. The summed E-state index contributed by atoms with van der Waals surface area (Å²) in [5.74, 6) is 0. The number of hydrogen-bond donors (Lipinski definition) is 0. The molecule has 0 bridgehead atoms. The number of hydrogen-bond acceptors (Lipinski definition) is 4. The molecule has 1 aromatic carbocycles. The van der Waals surface area contributed by atoms with E-state index in [4.69, 9.17) is 15.1 Å². The zero-order valence-electron chi connectivity index (χ0n) is 6.27. The van der Waals surface area contributed by atoms with E-state index in [1.807, 2.05) is 0 Å². The van der Waals surface area contributed by atoms with Crippen LogP contribution in [-0.4, -0.2) is 13.4 Å². The minimum Gasteiger partial charge on any atom is -0.443 e. The van der Waals surface area contributed by atoms with Crippen molar-refractivity contribution < 1.29 is 12.8 Å². The van der Waals surface area contributed by atoms with Gasteiger partial charge in [-0.2, -0.15) is 0 Å². The van der Waals surface area contributed by atoms with E-state index >= 15 is 0 Å². The molecule has 4 nitrogen and oxygen atoms in total. The summed E-state index contributed by atoms with van der Waals surface area (Å²) in [6.45, 7) is 0. The summed E-state index contributed by atoms with van der Waals surface area (Å²) in [6, 6.07) is 4.26. The first-order valence-electron chi connectivity index (χ1n) is 3.35. The van der Waals surface area contributed by atoms with Crippen molar-refractivity contribution in [2.75, 3.05) is 0 Å². The lowest BCUT2D eigenvalue weighted by Gasteiger charge is -1.93. The lowest BCUT2D eigenvalue weighted by molar-refractivity contribution is 0.598. The Morgan fingerprint density at radius 1 is 1.38 bits per heavy atom. The van der Waals surface area contributed by atoms with Crippen molar-refractivity contribution in [2.45, 2.75) is 4.90 Å². The molecule has 0 saturated carbocycles. The Bertz CT molecular complexity index is 546. The Morgan fingerprint density at radius 3 is 2.85 bits per heavy atom. The van der Waals surface area contributed by atoms with Gasteiger partial charge in [-0.3, -0.25) is 0 Å². The molecule has 0 N–H and O–H groups in total. The molecular formula is C7H4ClNO3S. The minimum atomic E-state index is -3.69. The van der Waals surface area contributed by atoms with Crippen molar-refractivity contribution in [3.63, 3.8) is 0 Å². The van der Waals surface area contributed by atoms with Gasteiger partial charge in [0.2, 0.25) is 0 Å². The van der Waals surface area contributed by atoms with Gasteiger partial charge < -0.3 is 4.42 Å². The molecular weight excluding hydrogens is 214 g/mol. The molecule has 0 saturated heterocycles. The van der Waals surface area contributed by atoms with E-state index in [0.717, 1.165) is 0 Å².